The number of hydrogen-bond donors (Lipinski definition) is 0. The Balaban J connectivity index is -0.000000210. The Bertz CT molecular complexity index is 330. The molecule has 0 aliphatic rings. The number of rotatable bonds is 10. The van der Waals surface area contributed by atoms with E-state index in [1.165, 1.54) is 51.4 Å². The average molecular weight is 366 g/mol. The van der Waals surface area contributed by atoms with Crippen molar-refractivity contribution in [3.05, 3.63) is 0 Å². The van der Waals surface area contributed by atoms with Crippen LogP contribution < -0.4 is 69.3 Å². The molecule has 0 aromatic carbocycles. The first kappa shape index (κ1) is 34.1. The van der Waals surface area contributed by atoms with Crippen LogP contribution in [-0.2, 0) is 9.59 Å². The topological polar surface area (TPSA) is 80.3 Å². The minimum atomic E-state index is -1.63. The van der Waals surface area contributed by atoms with E-state index in [0.717, 1.165) is 0 Å². The first-order valence-electron chi connectivity index (χ1n) is 8.83. The molecule has 1 unspecified atom stereocenters. The second-order valence-corrected chi connectivity index (χ2v) is 7.93. The van der Waals surface area contributed by atoms with Crippen molar-refractivity contribution in [1.82, 2.24) is 0 Å². The first-order chi connectivity index (χ1) is 10.4. The number of carboxylic acid groups (broad SMARTS) is 2. The molecule has 1 atom stereocenters. The molecule has 0 N–H and O–H groups in total. The summed E-state index contributed by atoms with van der Waals surface area (Å²) in [7, 11) is 0. The van der Waals surface area contributed by atoms with E-state index in [2.05, 4.69) is 52.3 Å². The van der Waals surface area contributed by atoms with Crippen LogP contribution in [0, 0.1) is 5.41 Å². The maximum atomic E-state index is 9.28. The standard InChI is InChI=1S/C15H31.C3H4O4.Li.2Na/c1-6-7-8-9-10-11-12-13-14(2)15(3,4)5;4-2(5)1-3(6)7;;;/h6-13H2,1-5H3;1H2,(H,4,5)(H,6,7);;;/q;;;2*+1/p-2. The van der Waals surface area contributed by atoms with E-state index >= 15 is 0 Å². The molecule has 0 saturated heterocycles. The summed E-state index contributed by atoms with van der Waals surface area (Å²) in [5.41, 5.74) is 0.440. The van der Waals surface area contributed by atoms with Crippen LogP contribution in [0.3, 0.4) is 0 Å². The number of aliphatic carboxylic acids is 2. The molecule has 25 heavy (non-hydrogen) atoms. The van der Waals surface area contributed by atoms with E-state index in [-0.39, 0.29) is 59.1 Å². The molecule has 0 aliphatic carbocycles. The third-order valence-electron chi connectivity index (χ3n) is 4.72. The van der Waals surface area contributed by atoms with Gasteiger partial charge in [-0.05, 0) is 0 Å². The number of hydrogen-bond acceptors (Lipinski definition) is 4. The molecule has 0 radical (unpaired) electrons. The summed E-state index contributed by atoms with van der Waals surface area (Å²) in [6, 6.07) is 0. The van der Waals surface area contributed by atoms with E-state index < -0.39 is 18.4 Å². The van der Waals surface area contributed by atoms with Crippen molar-refractivity contribution in [3.8, 4) is 0 Å². The summed E-state index contributed by atoms with van der Waals surface area (Å²) in [5.74, 6) is -3.25. The molecule has 0 rings (SSSR count). The monoisotopic (exact) mass is 366 g/mol. The summed E-state index contributed by atoms with van der Waals surface area (Å²) in [6.07, 6.45) is 10.3. The van der Waals surface area contributed by atoms with Gasteiger partial charge in [0.25, 0.3) is 0 Å². The molecule has 0 aromatic rings. The Labute approximate surface area is 208 Å². The maximum absolute atomic E-state index is 9.28. The van der Waals surface area contributed by atoms with Gasteiger partial charge in [-0.2, -0.15) is 0 Å². The van der Waals surface area contributed by atoms with Gasteiger partial charge in [0.15, 0.2) is 0 Å². The predicted molar refractivity (Wildman–Crippen MR) is 90.8 cm³/mol. The largest absolute Gasteiger partial charge is 1.00 e. The van der Waals surface area contributed by atoms with Gasteiger partial charge < -0.3 is 19.8 Å². The van der Waals surface area contributed by atoms with E-state index in [0.29, 0.717) is 9.50 Å². The van der Waals surface area contributed by atoms with Crippen molar-refractivity contribution < 1.29 is 78.9 Å². The predicted octanol–water partition coefficient (Wildman–Crippen LogP) is -3.60. The Hall–Kier alpha value is 1.54. The van der Waals surface area contributed by atoms with E-state index in [1.54, 1.807) is 0 Å². The Morgan fingerprint density at radius 3 is 1.44 bits per heavy atom. The van der Waals surface area contributed by atoms with Crippen LogP contribution in [0.1, 0.15) is 92.4 Å². The molecule has 0 amide bonds. The molecule has 0 aliphatic heterocycles. The van der Waals surface area contributed by atoms with Gasteiger partial charge in [0.1, 0.15) is 0 Å². The molecule has 132 valence electrons. The Morgan fingerprint density at radius 2 is 1.16 bits per heavy atom. The zero-order chi connectivity index (χ0) is 18.5. The molecule has 0 fully saturated rings. The Morgan fingerprint density at radius 1 is 0.800 bits per heavy atom. The third-order valence-corrected chi connectivity index (χ3v) is 4.72. The molecular weight excluding hydrogens is 333 g/mol. The Kier molecular flexibility index (Phi) is 25.7. The van der Waals surface area contributed by atoms with Gasteiger partial charge in [-0.3, -0.25) is 0 Å². The molecule has 4 nitrogen and oxygen atoms in total. The zero-order valence-electron chi connectivity index (χ0n) is 18.0. The van der Waals surface area contributed by atoms with Crippen LogP contribution in [0.5, 0.6) is 0 Å². The van der Waals surface area contributed by atoms with E-state index in [4.69, 9.17) is 0 Å². The fourth-order valence-corrected chi connectivity index (χ4v) is 2.02. The zero-order valence-corrected chi connectivity index (χ0v) is 22.0. The number of carbonyl (C=O) groups excluding carboxylic acids is 2. The number of carbonyl (C=O) groups is 2. The van der Waals surface area contributed by atoms with Gasteiger partial charge in [-0.1, -0.05) is 0 Å². The molecule has 0 spiro atoms. The first-order valence-corrected chi connectivity index (χ1v) is 8.83. The van der Waals surface area contributed by atoms with Crippen molar-refractivity contribution >= 4 is 29.7 Å². The van der Waals surface area contributed by atoms with Gasteiger partial charge >= 0.3 is 172 Å². The molecule has 7 heteroatoms. The van der Waals surface area contributed by atoms with E-state index in [1.807, 2.05) is 0 Å². The molecule has 0 bridgehead atoms. The summed E-state index contributed by atoms with van der Waals surface area (Å²) in [4.78, 5) is 18.6. The minimum absolute atomic E-state index is 0. The second kappa shape index (κ2) is 18.9. The number of unbranched alkanes of at least 4 members (excludes halogenated alkanes) is 6. The van der Waals surface area contributed by atoms with Gasteiger partial charge in [-0.25, -0.2) is 0 Å². The smallest absolute Gasteiger partial charge is 1.00 e. The van der Waals surface area contributed by atoms with Crippen LogP contribution in [-0.4, -0.2) is 29.7 Å². The average Bonchev–Trinajstić information content (AvgIpc) is 2.35. The van der Waals surface area contributed by atoms with Gasteiger partial charge in [0, 0.05) is 18.4 Å². The van der Waals surface area contributed by atoms with Crippen molar-refractivity contribution in [1.29, 1.82) is 0 Å². The van der Waals surface area contributed by atoms with Crippen LogP contribution in [0.15, 0.2) is 0 Å². The summed E-state index contributed by atoms with van der Waals surface area (Å²) in [6.45, 7) is 11.8. The van der Waals surface area contributed by atoms with Crippen LogP contribution in [0.4, 0.5) is 0 Å². The van der Waals surface area contributed by atoms with Crippen LogP contribution in [0.25, 0.3) is 0 Å². The van der Waals surface area contributed by atoms with Gasteiger partial charge in [-0.15, -0.1) is 0 Å². The molecule has 0 saturated carbocycles. The van der Waals surface area contributed by atoms with Gasteiger partial charge in [0.2, 0.25) is 0 Å². The quantitative estimate of drug-likeness (QED) is 0.227. The van der Waals surface area contributed by atoms with E-state index in [9.17, 15) is 19.8 Å². The summed E-state index contributed by atoms with van der Waals surface area (Å²) >= 11 is 2.42. The normalized spacial score (nSPS) is 12.6. The van der Waals surface area contributed by atoms with Crippen LogP contribution >= 0.6 is 0 Å². The van der Waals surface area contributed by atoms with Crippen LogP contribution in [0.2, 0.25) is 4.09 Å². The number of carboxylic acids is 2. The fourth-order valence-electron chi connectivity index (χ4n) is 2.02. The minimum Gasteiger partial charge on any atom is 1.00 e. The van der Waals surface area contributed by atoms with Crippen molar-refractivity contribution in [2.75, 3.05) is 0 Å². The van der Waals surface area contributed by atoms with Crippen molar-refractivity contribution in [2.24, 2.45) is 5.41 Å². The third kappa shape index (κ3) is 23.5. The van der Waals surface area contributed by atoms with Crippen molar-refractivity contribution in [2.45, 2.75) is 96.5 Å². The maximum Gasteiger partial charge on any atom is 1.00 e. The summed E-state index contributed by atoms with van der Waals surface area (Å²) < 4.78 is 0.483. The molecule has 0 heterocycles. The summed E-state index contributed by atoms with van der Waals surface area (Å²) in [5, 5.41) is 18.6. The molecular formula is C18H33LiNa2O4. The SMILES string of the molecule is O=C([O-])CC(=O)[O-].[Li][C](C)(CCCCCCCCC)C(C)(C)C.[Na+].[Na+]. The second-order valence-electron chi connectivity index (χ2n) is 7.93. The van der Waals surface area contributed by atoms with Crippen molar-refractivity contribution in [3.63, 3.8) is 0 Å². The molecule has 0 aromatic heterocycles. The fraction of sp³-hybridized carbons (Fsp3) is 0.889. The van der Waals surface area contributed by atoms with Gasteiger partial charge in [0.05, 0.1) is 0 Å².